The van der Waals surface area contributed by atoms with Crippen molar-refractivity contribution in [2.75, 3.05) is 12.0 Å². The van der Waals surface area contributed by atoms with Crippen LogP contribution in [-0.4, -0.2) is 28.9 Å². The average molecular weight is 469 g/mol. The lowest BCUT2D eigenvalue weighted by Crippen LogP contribution is -2.31. The third kappa shape index (κ3) is 3.66. The highest BCUT2D eigenvalue weighted by atomic mass is 32.1. The molecule has 4 aromatic rings. The second kappa shape index (κ2) is 8.96. The molecule has 1 aliphatic rings. The third-order valence-electron chi connectivity index (χ3n) is 5.81. The van der Waals surface area contributed by atoms with Crippen molar-refractivity contribution in [3.8, 4) is 16.9 Å². The van der Waals surface area contributed by atoms with Crippen molar-refractivity contribution in [3.05, 3.63) is 112 Å². The number of rotatable bonds is 6. The van der Waals surface area contributed by atoms with E-state index in [1.807, 2.05) is 53.2 Å². The van der Waals surface area contributed by atoms with Gasteiger partial charge in [0.2, 0.25) is 0 Å². The molecule has 6 nitrogen and oxygen atoms in total. The number of carbonyl (C=O) groups excluding carboxylic acids is 2. The van der Waals surface area contributed by atoms with Gasteiger partial charge in [0, 0.05) is 29.2 Å². The zero-order valence-corrected chi connectivity index (χ0v) is 19.0. The van der Waals surface area contributed by atoms with Crippen molar-refractivity contribution < 1.29 is 19.4 Å². The van der Waals surface area contributed by atoms with E-state index in [9.17, 15) is 14.7 Å². The molecule has 1 N–H and O–H groups in total. The molecule has 0 bridgehead atoms. The molecular weight excluding hydrogens is 448 g/mol. The maximum absolute atomic E-state index is 13.5. The Balaban J connectivity index is 1.64. The van der Waals surface area contributed by atoms with E-state index in [1.54, 1.807) is 41.8 Å². The minimum Gasteiger partial charge on any atom is -0.503 e. The zero-order valence-electron chi connectivity index (χ0n) is 18.2. The Morgan fingerprint density at radius 3 is 2.50 bits per heavy atom. The first-order valence-electron chi connectivity index (χ1n) is 10.6. The predicted molar refractivity (Wildman–Crippen MR) is 131 cm³/mol. The largest absolute Gasteiger partial charge is 0.503 e. The number of Topliss-reactive ketones (excluding diaryl/α,β-unsaturated/α-hetero) is 1. The molecule has 1 unspecified atom stereocenters. The SMILES string of the molecule is COc1ccccc1C1C(C(=O)c2cccnc2)=C(O)C(=O)N1c1ccc(-c2ccsc2)cc1. The van der Waals surface area contributed by atoms with Crippen LogP contribution in [0.25, 0.3) is 11.1 Å². The quantitative estimate of drug-likeness (QED) is 0.373. The number of aliphatic hydroxyl groups is 1. The monoisotopic (exact) mass is 468 g/mol. The number of aliphatic hydroxyl groups excluding tert-OH is 1. The van der Waals surface area contributed by atoms with Crippen LogP contribution in [0.1, 0.15) is 22.0 Å². The molecule has 168 valence electrons. The van der Waals surface area contributed by atoms with Gasteiger partial charge in [0.1, 0.15) is 5.75 Å². The van der Waals surface area contributed by atoms with Crippen LogP contribution in [0, 0.1) is 0 Å². The summed E-state index contributed by atoms with van der Waals surface area (Å²) in [5.41, 5.74) is 3.51. The van der Waals surface area contributed by atoms with E-state index in [4.69, 9.17) is 4.74 Å². The second-order valence-corrected chi connectivity index (χ2v) is 8.49. The molecule has 1 amide bonds. The van der Waals surface area contributed by atoms with Gasteiger partial charge in [0.25, 0.3) is 5.91 Å². The standard InChI is InChI=1S/C27H20N2O4S/c1-33-22-7-3-2-6-21(22)24-23(25(30)18-5-4-13-28-15-18)26(31)27(32)29(24)20-10-8-17(9-11-20)19-12-14-34-16-19/h2-16,24,31H,1H3. The number of aromatic nitrogens is 1. The summed E-state index contributed by atoms with van der Waals surface area (Å²) in [6.45, 7) is 0. The van der Waals surface area contributed by atoms with Gasteiger partial charge in [-0.2, -0.15) is 11.3 Å². The van der Waals surface area contributed by atoms with Crippen molar-refractivity contribution in [1.29, 1.82) is 0 Å². The third-order valence-corrected chi connectivity index (χ3v) is 6.49. The molecule has 0 aliphatic carbocycles. The van der Waals surface area contributed by atoms with Gasteiger partial charge in [-0.25, -0.2) is 0 Å². The number of anilines is 1. The number of nitrogens with zero attached hydrogens (tertiary/aromatic N) is 2. The van der Waals surface area contributed by atoms with E-state index in [-0.39, 0.29) is 11.1 Å². The number of amides is 1. The number of para-hydroxylation sites is 1. The number of methoxy groups -OCH3 is 1. The van der Waals surface area contributed by atoms with Crippen LogP contribution in [-0.2, 0) is 4.79 Å². The summed E-state index contributed by atoms with van der Waals surface area (Å²) in [5.74, 6) is -1.18. The minimum atomic E-state index is -0.872. The first kappa shape index (κ1) is 21.6. The smallest absolute Gasteiger partial charge is 0.294 e. The number of hydrogen-bond acceptors (Lipinski definition) is 6. The van der Waals surface area contributed by atoms with Crippen molar-refractivity contribution in [2.24, 2.45) is 0 Å². The van der Waals surface area contributed by atoms with Gasteiger partial charge in [-0.15, -0.1) is 0 Å². The summed E-state index contributed by atoms with van der Waals surface area (Å²) < 4.78 is 5.55. The number of ether oxygens (including phenoxy) is 1. The van der Waals surface area contributed by atoms with Crippen molar-refractivity contribution >= 4 is 28.7 Å². The number of pyridine rings is 1. The van der Waals surface area contributed by atoms with E-state index in [0.29, 0.717) is 17.0 Å². The fourth-order valence-corrected chi connectivity index (χ4v) is 4.85. The Labute approximate surface area is 200 Å². The number of hydrogen-bond donors (Lipinski definition) is 1. The van der Waals surface area contributed by atoms with E-state index >= 15 is 0 Å². The number of ketones is 1. The minimum absolute atomic E-state index is 0.00980. The first-order valence-corrected chi connectivity index (χ1v) is 11.5. The molecular formula is C27H20N2O4S. The molecule has 3 heterocycles. The van der Waals surface area contributed by atoms with Gasteiger partial charge in [-0.3, -0.25) is 19.5 Å². The van der Waals surface area contributed by atoms with Gasteiger partial charge >= 0.3 is 0 Å². The lowest BCUT2D eigenvalue weighted by atomic mass is 9.92. The fourth-order valence-electron chi connectivity index (χ4n) is 4.19. The molecule has 34 heavy (non-hydrogen) atoms. The van der Waals surface area contributed by atoms with Crippen LogP contribution in [0.15, 0.2) is 101 Å². The number of benzene rings is 2. The predicted octanol–water partition coefficient (Wildman–Crippen LogP) is 5.60. The molecule has 1 aliphatic heterocycles. The summed E-state index contributed by atoms with van der Waals surface area (Å²) >= 11 is 1.61. The molecule has 2 aromatic heterocycles. The van der Waals surface area contributed by atoms with Crippen LogP contribution in [0.3, 0.4) is 0 Å². The van der Waals surface area contributed by atoms with Crippen LogP contribution < -0.4 is 9.64 Å². The van der Waals surface area contributed by atoms with Gasteiger partial charge in [0.15, 0.2) is 11.5 Å². The normalized spacial score (nSPS) is 15.6. The molecule has 7 heteroatoms. The molecule has 5 rings (SSSR count). The summed E-state index contributed by atoms with van der Waals surface area (Å²) in [4.78, 5) is 32.3. The Morgan fingerprint density at radius 1 is 1.03 bits per heavy atom. The Morgan fingerprint density at radius 2 is 1.82 bits per heavy atom. The molecule has 0 spiro atoms. The first-order chi connectivity index (χ1) is 16.6. The van der Waals surface area contributed by atoms with Crippen LogP contribution in [0.2, 0.25) is 0 Å². The summed E-state index contributed by atoms with van der Waals surface area (Å²) in [6, 6.07) is 19.0. The van der Waals surface area contributed by atoms with Crippen LogP contribution in [0.5, 0.6) is 5.75 Å². The highest BCUT2D eigenvalue weighted by Gasteiger charge is 2.45. The van der Waals surface area contributed by atoms with E-state index in [2.05, 4.69) is 4.98 Å². The van der Waals surface area contributed by atoms with Gasteiger partial charge in [-0.1, -0.05) is 30.3 Å². The lowest BCUT2D eigenvalue weighted by molar-refractivity contribution is -0.117. The molecule has 0 saturated heterocycles. The van der Waals surface area contributed by atoms with Gasteiger partial charge in [0.05, 0.1) is 18.7 Å². The number of carbonyl (C=O) groups is 2. The maximum atomic E-state index is 13.5. The summed E-state index contributed by atoms with van der Waals surface area (Å²) in [5, 5.41) is 15.0. The van der Waals surface area contributed by atoms with Crippen molar-refractivity contribution in [1.82, 2.24) is 4.98 Å². The van der Waals surface area contributed by atoms with Crippen molar-refractivity contribution in [2.45, 2.75) is 6.04 Å². The Bertz CT molecular complexity index is 1380. The fraction of sp³-hybridized carbons (Fsp3) is 0.0741. The Kier molecular flexibility index (Phi) is 5.69. The molecule has 2 aromatic carbocycles. The summed E-state index contributed by atoms with van der Waals surface area (Å²) in [6.07, 6.45) is 2.98. The Hall–Kier alpha value is -4.23. The van der Waals surface area contributed by atoms with E-state index in [0.717, 1.165) is 11.1 Å². The lowest BCUT2D eigenvalue weighted by Gasteiger charge is -2.28. The topological polar surface area (TPSA) is 79.7 Å². The molecule has 0 fully saturated rings. The summed E-state index contributed by atoms with van der Waals surface area (Å²) in [7, 11) is 1.53. The van der Waals surface area contributed by atoms with Gasteiger partial charge < -0.3 is 9.84 Å². The van der Waals surface area contributed by atoms with Crippen LogP contribution in [0.4, 0.5) is 5.69 Å². The molecule has 0 radical (unpaired) electrons. The van der Waals surface area contributed by atoms with Crippen molar-refractivity contribution in [3.63, 3.8) is 0 Å². The van der Waals surface area contributed by atoms with Crippen LogP contribution >= 0.6 is 11.3 Å². The second-order valence-electron chi connectivity index (χ2n) is 7.71. The molecule has 1 atom stereocenters. The highest BCUT2D eigenvalue weighted by molar-refractivity contribution is 7.08. The number of thiophene rings is 1. The van der Waals surface area contributed by atoms with Gasteiger partial charge in [-0.05, 0) is 58.3 Å². The highest BCUT2D eigenvalue weighted by Crippen LogP contribution is 2.44. The van der Waals surface area contributed by atoms with E-state index in [1.165, 1.54) is 18.2 Å². The maximum Gasteiger partial charge on any atom is 0.294 e. The average Bonchev–Trinajstić information content (AvgIpc) is 3.51. The molecule has 0 saturated carbocycles. The zero-order chi connectivity index (χ0) is 23.7. The van der Waals surface area contributed by atoms with E-state index < -0.39 is 23.5 Å².